The van der Waals surface area contributed by atoms with E-state index in [-0.39, 0.29) is 24.0 Å². The van der Waals surface area contributed by atoms with Crippen molar-refractivity contribution in [3.8, 4) is 0 Å². The van der Waals surface area contributed by atoms with E-state index >= 15 is 0 Å². The third-order valence-corrected chi connectivity index (χ3v) is 6.82. The van der Waals surface area contributed by atoms with Crippen LogP contribution in [0.1, 0.15) is 93.3 Å². The molecule has 33 heavy (non-hydrogen) atoms. The molecule has 1 aromatic carbocycles. The lowest BCUT2D eigenvalue weighted by atomic mass is 9.96. The van der Waals surface area contributed by atoms with Gasteiger partial charge in [0.1, 0.15) is 5.82 Å². The lowest BCUT2D eigenvalue weighted by Crippen LogP contribution is -2.18. The van der Waals surface area contributed by atoms with Gasteiger partial charge >= 0.3 is 0 Å². The molecule has 0 aliphatic carbocycles. The van der Waals surface area contributed by atoms with Crippen LogP contribution in [0.5, 0.6) is 0 Å². The fourth-order valence-corrected chi connectivity index (χ4v) is 4.66. The van der Waals surface area contributed by atoms with E-state index in [0.29, 0.717) is 24.4 Å². The third-order valence-electron chi connectivity index (χ3n) is 5.32. The second-order valence-electron chi connectivity index (χ2n) is 10.0. The second-order valence-corrected chi connectivity index (χ2v) is 11.9. The highest BCUT2D eigenvalue weighted by molar-refractivity contribution is 7.92. The van der Waals surface area contributed by atoms with E-state index in [4.69, 9.17) is 4.98 Å². The van der Waals surface area contributed by atoms with E-state index in [9.17, 15) is 17.2 Å². The molecule has 0 saturated heterocycles. The molecule has 0 unspecified atom stereocenters. The average molecular weight is 488 g/mol. The first-order valence-corrected chi connectivity index (χ1v) is 13.7. The number of nitrogens with zero attached hydrogens (tertiary/aromatic N) is 2. The van der Waals surface area contributed by atoms with Crippen molar-refractivity contribution < 1.29 is 17.2 Å². The molecule has 5 nitrogen and oxygen atoms in total. The molecule has 0 fully saturated rings. The molecule has 0 saturated carbocycles. The normalized spacial score (nSPS) is 12.7. The summed E-state index contributed by atoms with van der Waals surface area (Å²) in [6, 6.07) is 5.55. The zero-order chi connectivity index (χ0) is 25.4. The SMILES string of the molecule is CCC(F)(F)CCCC(C)C.CCCS(=O)(=O)Nc1ccc2c(c1)nc(C(C)(C)C)n2CC. The van der Waals surface area contributed by atoms with Gasteiger partial charge in [0.2, 0.25) is 15.9 Å². The standard InChI is InChI=1S/C16H25N3O2S.C9H18F2/c1-6-10-22(20,21)18-12-8-9-14-13(11-12)17-15(16(3,4)5)19(14)7-2;1-4-9(10,11)7-5-6-8(2)3/h8-9,11,18H,6-7,10H2,1-5H3;8H,4-7H2,1-3H3. The van der Waals surface area contributed by atoms with Crippen LogP contribution in [0.2, 0.25) is 0 Å². The first kappa shape index (κ1) is 29.3. The minimum absolute atomic E-state index is 0.0227. The minimum atomic E-state index is -3.28. The molecule has 2 aromatic rings. The van der Waals surface area contributed by atoms with Gasteiger partial charge in [0.25, 0.3) is 0 Å². The highest BCUT2D eigenvalue weighted by atomic mass is 32.2. The topological polar surface area (TPSA) is 64.0 Å². The zero-order valence-corrected chi connectivity index (χ0v) is 22.5. The molecule has 0 bridgehead atoms. The van der Waals surface area contributed by atoms with Gasteiger partial charge in [-0.05, 0) is 43.9 Å². The van der Waals surface area contributed by atoms with Crippen molar-refractivity contribution in [2.75, 3.05) is 10.5 Å². The maximum atomic E-state index is 12.6. The van der Waals surface area contributed by atoms with Crippen molar-refractivity contribution in [2.24, 2.45) is 5.92 Å². The van der Waals surface area contributed by atoms with Crippen LogP contribution in [0.15, 0.2) is 18.2 Å². The lowest BCUT2D eigenvalue weighted by Gasteiger charge is -2.19. The molecular weight excluding hydrogens is 444 g/mol. The summed E-state index contributed by atoms with van der Waals surface area (Å²) < 4.78 is 53.8. The van der Waals surface area contributed by atoms with Crippen LogP contribution in [-0.2, 0) is 22.0 Å². The lowest BCUT2D eigenvalue weighted by molar-refractivity contribution is -0.0142. The molecule has 1 N–H and O–H groups in total. The van der Waals surface area contributed by atoms with Crippen molar-refractivity contribution in [2.45, 2.75) is 105 Å². The van der Waals surface area contributed by atoms with Crippen LogP contribution >= 0.6 is 0 Å². The molecule has 0 radical (unpaired) electrons. The Labute approximate surface area is 199 Å². The Kier molecular flexibility index (Phi) is 10.8. The minimum Gasteiger partial charge on any atom is -0.328 e. The number of alkyl halides is 2. The van der Waals surface area contributed by atoms with E-state index in [1.807, 2.05) is 19.1 Å². The van der Waals surface area contributed by atoms with Crippen molar-refractivity contribution in [1.29, 1.82) is 0 Å². The number of rotatable bonds is 10. The third kappa shape index (κ3) is 9.59. The number of halogens is 2. The molecule has 0 atom stereocenters. The monoisotopic (exact) mass is 487 g/mol. The summed E-state index contributed by atoms with van der Waals surface area (Å²) in [5, 5.41) is 0. The molecule has 0 spiro atoms. The van der Waals surface area contributed by atoms with Gasteiger partial charge < -0.3 is 4.57 Å². The van der Waals surface area contributed by atoms with Gasteiger partial charge in [-0.1, -0.05) is 54.9 Å². The van der Waals surface area contributed by atoms with Gasteiger partial charge in [0.15, 0.2) is 0 Å². The van der Waals surface area contributed by atoms with Crippen molar-refractivity contribution in [3.05, 3.63) is 24.0 Å². The van der Waals surface area contributed by atoms with Crippen LogP contribution in [0.25, 0.3) is 11.0 Å². The number of benzene rings is 1. The fraction of sp³-hybridized carbons (Fsp3) is 0.720. The Morgan fingerprint density at radius 3 is 2.24 bits per heavy atom. The number of aryl methyl sites for hydroxylation is 1. The summed E-state index contributed by atoms with van der Waals surface area (Å²) in [5.41, 5.74) is 2.37. The Morgan fingerprint density at radius 1 is 1.12 bits per heavy atom. The summed E-state index contributed by atoms with van der Waals surface area (Å²) in [5.74, 6) is -0.738. The van der Waals surface area contributed by atoms with Crippen LogP contribution in [-0.4, -0.2) is 29.6 Å². The number of aromatic nitrogens is 2. The maximum absolute atomic E-state index is 12.6. The molecule has 190 valence electrons. The summed E-state index contributed by atoms with van der Waals surface area (Å²) >= 11 is 0. The molecule has 1 heterocycles. The Bertz CT molecular complexity index is 977. The summed E-state index contributed by atoms with van der Waals surface area (Å²) in [4.78, 5) is 4.72. The summed E-state index contributed by atoms with van der Waals surface area (Å²) in [6.07, 6.45) is 2.19. The predicted molar refractivity (Wildman–Crippen MR) is 136 cm³/mol. The van der Waals surface area contributed by atoms with Gasteiger partial charge in [-0.3, -0.25) is 4.72 Å². The van der Waals surface area contributed by atoms with E-state index in [1.165, 1.54) is 6.92 Å². The molecule has 0 aliphatic heterocycles. The number of fused-ring (bicyclic) bond motifs is 1. The average Bonchev–Trinajstić information content (AvgIpc) is 3.06. The fourth-order valence-electron chi connectivity index (χ4n) is 3.53. The second kappa shape index (κ2) is 12.1. The Morgan fingerprint density at radius 2 is 1.76 bits per heavy atom. The number of sulfonamides is 1. The highest BCUT2D eigenvalue weighted by Gasteiger charge is 2.25. The van der Waals surface area contributed by atoms with Gasteiger partial charge in [-0.2, -0.15) is 0 Å². The zero-order valence-electron chi connectivity index (χ0n) is 21.6. The molecule has 1 aromatic heterocycles. The van der Waals surface area contributed by atoms with Gasteiger partial charge in [-0.25, -0.2) is 22.2 Å². The van der Waals surface area contributed by atoms with Crippen molar-refractivity contribution >= 4 is 26.7 Å². The summed E-state index contributed by atoms with van der Waals surface area (Å²) in [6.45, 7) is 16.8. The quantitative estimate of drug-likeness (QED) is 0.381. The molecule has 2 rings (SSSR count). The van der Waals surface area contributed by atoms with Crippen LogP contribution in [0.4, 0.5) is 14.5 Å². The molecule has 8 heteroatoms. The number of hydrogen-bond donors (Lipinski definition) is 1. The smallest absolute Gasteiger partial charge is 0.247 e. The number of anilines is 1. The highest BCUT2D eigenvalue weighted by Crippen LogP contribution is 2.28. The van der Waals surface area contributed by atoms with E-state index < -0.39 is 15.9 Å². The number of nitrogens with one attached hydrogen (secondary N) is 1. The van der Waals surface area contributed by atoms with Crippen LogP contribution in [0.3, 0.4) is 0 Å². The van der Waals surface area contributed by atoms with E-state index in [1.54, 1.807) is 6.07 Å². The van der Waals surface area contributed by atoms with Gasteiger partial charge in [-0.15, -0.1) is 0 Å². The first-order valence-electron chi connectivity index (χ1n) is 12.0. The molecule has 0 aliphatic rings. The molecule has 0 amide bonds. The summed E-state index contributed by atoms with van der Waals surface area (Å²) in [7, 11) is -3.28. The van der Waals surface area contributed by atoms with Gasteiger partial charge in [0.05, 0.1) is 22.5 Å². The maximum Gasteiger partial charge on any atom is 0.247 e. The van der Waals surface area contributed by atoms with Crippen LogP contribution in [0, 0.1) is 5.92 Å². The van der Waals surface area contributed by atoms with Crippen molar-refractivity contribution in [1.82, 2.24) is 9.55 Å². The Hall–Kier alpha value is -1.70. The molecular formula is C25H43F2N3O2S. The first-order chi connectivity index (χ1) is 15.2. The number of imidazole rings is 1. The van der Waals surface area contributed by atoms with Crippen LogP contribution < -0.4 is 4.72 Å². The largest absolute Gasteiger partial charge is 0.328 e. The predicted octanol–water partition coefficient (Wildman–Crippen LogP) is 7.36. The Balaban J connectivity index is 0.000000420. The van der Waals surface area contributed by atoms with E-state index in [0.717, 1.165) is 29.8 Å². The van der Waals surface area contributed by atoms with Crippen molar-refractivity contribution in [3.63, 3.8) is 0 Å². The van der Waals surface area contributed by atoms with E-state index in [2.05, 4.69) is 50.8 Å². The number of hydrogen-bond acceptors (Lipinski definition) is 3. The van der Waals surface area contributed by atoms with Gasteiger partial charge in [0, 0.05) is 24.8 Å².